The number of hydrogen-bond donors (Lipinski definition) is 3. The number of aliphatic hydroxyl groups is 1. The topological polar surface area (TPSA) is 70.6 Å². The molecule has 0 aliphatic heterocycles. The fourth-order valence-electron chi connectivity index (χ4n) is 2.36. The van der Waals surface area contributed by atoms with Crippen LogP contribution in [0.1, 0.15) is 38.0 Å². The first-order valence-electron chi connectivity index (χ1n) is 8.27. The van der Waals surface area contributed by atoms with Crippen molar-refractivity contribution in [1.29, 1.82) is 0 Å². The zero-order valence-corrected chi connectivity index (χ0v) is 15.2. The molecule has 2 amide bonds. The van der Waals surface area contributed by atoms with E-state index in [1.807, 2.05) is 24.3 Å². The first-order chi connectivity index (χ1) is 11.8. The Bertz CT molecular complexity index is 688. The van der Waals surface area contributed by atoms with Crippen molar-refractivity contribution in [2.45, 2.75) is 32.3 Å². The van der Waals surface area contributed by atoms with Gasteiger partial charge in [0.05, 0.1) is 13.2 Å². The monoisotopic (exact) mass is 342 g/mol. The summed E-state index contributed by atoms with van der Waals surface area (Å²) in [4.78, 5) is 12.0. The van der Waals surface area contributed by atoms with Crippen molar-refractivity contribution >= 4 is 11.7 Å². The number of aliphatic hydroxyl groups excluding tert-OH is 1. The second-order valence-electron chi connectivity index (χ2n) is 6.95. The fourth-order valence-corrected chi connectivity index (χ4v) is 2.36. The molecule has 5 nitrogen and oxygen atoms in total. The highest BCUT2D eigenvalue weighted by Crippen LogP contribution is 2.23. The molecule has 0 fully saturated rings. The normalized spacial score (nSPS) is 12.4. The van der Waals surface area contributed by atoms with Crippen molar-refractivity contribution < 1.29 is 14.6 Å². The summed E-state index contributed by atoms with van der Waals surface area (Å²) in [5, 5.41) is 15.6. The highest BCUT2D eigenvalue weighted by Gasteiger charge is 2.13. The van der Waals surface area contributed by atoms with Crippen molar-refractivity contribution in [3.05, 3.63) is 59.7 Å². The van der Waals surface area contributed by atoms with Crippen LogP contribution in [-0.4, -0.2) is 24.8 Å². The third-order valence-electron chi connectivity index (χ3n) is 3.97. The Balaban J connectivity index is 1.85. The molecule has 0 heterocycles. The molecule has 5 heteroatoms. The van der Waals surface area contributed by atoms with Gasteiger partial charge in [-0.25, -0.2) is 4.79 Å². The number of urea groups is 1. The summed E-state index contributed by atoms with van der Waals surface area (Å²) in [5.74, 6) is 0.723. The Morgan fingerprint density at radius 2 is 1.68 bits per heavy atom. The molecule has 0 saturated carbocycles. The van der Waals surface area contributed by atoms with E-state index in [0.717, 1.165) is 11.3 Å². The van der Waals surface area contributed by atoms with Crippen molar-refractivity contribution in [1.82, 2.24) is 5.32 Å². The largest absolute Gasteiger partial charge is 0.497 e. The van der Waals surface area contributed by atoms with Gasteiger partial charge in [-0.3, -0.25) is 0 Å². The summed E-state index contributed by atoms with van der Waals surface area (Å²) in [6.45, 7) is 6.55. The molecule has 0 aliphatic carbocycles. The molecule has 0 spiro atoms. The molecule has 0 saturated heterocycles. The number of anilines is 1. The SMILES string of the molecule is COc1ccc(C(O)CNC(=O)Nc2ccc(C(C)(C)C)cc2)cc1. The third kappa shape index (κ3) is 5.50. The van der Waals surface area contributed by atoms with Gasteiger partial charge in [0.2, 0.25) is 0 Å². The minimum Gasteiger partial charge on any atom is -0.497 e. The van der Waals surface area contributed by atoms with Crippen LogP contribution in [0.4, 0.5) is 10.5 Å². The zero-order valence-electron chi connectivity index (χ0n) is 15.2. The fraction of sp³-hybridized carbons (Fsp3) is 0.350. The summed E-state index contributed by atoms with van der Waals surface area (Å²) in [5.41, 5.74) is 2.71. The lowest BCUT2D eigenvalue weighted by atomic mass is 9.87. The number of methoxy groups -OCH3 is 1. The number of nitrogens with one attached hydrogen (secondary N) is 2. The van der Waals surface area contributed by atoms with Crippen LogP contribution in [0.5, 0.6) is 5.75 Å². The summed E-state index contributed by atoms with van der Waals surface area (Å²) in [6, 6.07) is 14.5. The second-order valence-corrected chi connectivity index (χ2v) is 6.95. The van der Waals surface area contributed by atoms with E-state index in [2.05, 4.69) is 31.4 Å². The lowest BCUT2D eigenvalue weighted by Crippen LogP contribution is -2.32. The van der Waals surface area contributed by atoms with Crippen molar-refractivity contribution in [3.8, 4) is 5.75 Å². The predicted molar refractivity (Wildman–Crippen MR) is 100 cm³/mol. The van der Waals surface area contributed by atoms with Crippen LogP contribution in [0.3, 0.4) is 0 Å². The van der Waals surface area contributed by atoms with E-state index in [1.165, 1.54) is 5.56 Å². The van der Waals surface area contributed by atoms with Gasteiger partial charge >= 0.3 is 6.03 Å². The van der Waals surface area contributed by atoms with Crippen LogP contribution >= 0.6 is 0 Å². The van der Waals surface area contributed by atoms with Gasteiger partial charge in [-0.05, 0) is 40.8 Å². The van der Waals surface area contributed by atoms with Crippen LogP contribution in [-0.2, 0) is 5.41 Å². The van der Waals surface area contributed by atoms with Gasteiger partial charge in [0.1, 0.15) is 5.75 Å². The lowest BCUT2D eigenvalue weighted by Gasteiger charge is -2.19. The molecule has 0 aliphatic rings. The highest BCUT2D eigenvalue weighted by atomic mass is 16.5. The number of carbonyl (C=O) groups is 1. The third-order valence-corrected chi connectivity index (χ3v) is 3.97. The molecule has 3 N–H and O–H groups in total. The number of rotatable bonds is 5. The van der Waals surface area contributed by atoms with Gasteiger partial charge in [0.25, 0.3) is 0 Å². The summed E-state index contributed by atoms with van der Waals surface area (Å²) < 4.78 is 5.08. The van der Waals surface area contributed by atoms with Crippen molar-refractivity contribution in [3.63, 3.8) is 0 Å². The number of carbonyl (C=O) groups excluding carboxylic acids is 1. The average Bonchev–Trinajstić information content (AvgIpc) is 2.59. The second kappa shape index (κ2) is 8.03. The number of ether oxygens (including phenoxy) is 1. The van der Waals surface area contributed by atoms with E-state index in [9.17, 15) is 9.90 Å². The Morgan fingerprint density at radius 1 is 1.08 bits per heavy atom. The summed E-state index contributed by atoms with van der Waals surface area (Å²) in [7, 11) is 1.59. The van der Waals surface area contributed by atoms with Crippen LogP contribution in [0, 0.1) is 0 Å². The molecule has 25 heavy (non-hydrogen) atoms. The van der Waals surface area contributed by atoms with E-state index in [4.69, 9.17) is 4.74 Å². The maximum Gasteiger partial charge on any atom is 0.319 e. The van der Waals surface area contributed by atoms with E-state index >= 15 is 0 Å². The van der Waals surface area contributed by atoms with E-state index < -0.39 is 6.10 Å². The van der Waals surface area contributed by atoms with E-state index in [-0.39, 0.29) is 18.0 Å². The standard InChI is InChI=1S/C20H26N2O3/c1-20(2,3)15-7-9-16(10-8-15)22-19(24)21-13-18(23)14-5-11-17(25-4)12-6-14/h5-12,18,23H,13H2,1-4H3,(H2,21,22,24). The van der Waals surface area contributed by atoms with Gasteiger partial charge in [-0.2, -0.15) is 0 Å². The van der Waals surface area contributed by atoms with Gasteiger partial charge in [0, 0.05) is 12.2 Å². The van der Waals surface area contributed by atoms with E-state index in [1.54, 1.807) is 31.4 Å². The average molecular weight is 342 g/mol. The van der Waals surface area contributed by atoms with Crippen LogP contribution in [0.2, 0.25) is 0 Å². The van der Waals surface area contributed by atoms with Crippen LogP contribution in [0.25, 0.3) is 0 Å². The number of benzene rings is 2. The Kier molecular flexibility index (Phi) is 6.04. The molecule has 2 aromatic carbocycles. The Labute approximate surface area is 149 Å². The number of hydrogen-bond acceptors (Lipinski definition) is 3. The molecule has 0 aromatic heterocycles. The predicted octanol–water partition coefficient (Wildman–Crippen LogP) is 3.85. The molecular formula is C20H26N2O3. The minimum absolute atomic E-state index is 0.0727. The Morgan fingerprint density at radius 3 is 2.20 bits per heavy atom. The smallest absolute Gasteiger partial charge is 0.319 e. The van der Waals surface area contributed by atoms with Gasteiger partial charge in [-0.15, -0.1) is 0 Å². The number of amides is 2. The van der Waals surface area contributed by atoms with Crippen LogP contribution < -0.4 is 15.4 Å². The molecule has 1 atom stereocenters. The molecule has 2 rings (SSSR count). The quantitative estimate of drug-likeness (QED) is 0.773. The Hall–Kier alpha value is -2.53. The molecule has 0 bridgehead atoms. The van der Waals surface area contributed by atoms with Crippen molar-refractivity contribution in [2.75, 3.05) is 19.0 Å². The zero-order chi connectivity index (χ0) is 18.4. The van der Waals surface area contributed by atoms with Gasteiger partial charge < -0.3 is 20.5 Å². The highest BCUT2D eigenvalue weighted by molar-refractivity contribution is 5.89. The first kappa shape index (κ1) is 18.8. The summed E-state index contributed by atoms with van der Waals surface area (Å²) >= 11 is 0. The molecular weight excluding hydrogens is 316 g/mol. The molecule has 0 radical (unpaired) electrons. The van der Waals surface area contributed by atoms with Gasteiger partial charge in [0.15, 0.2) is 0 Å². The summed E-state index contributed by atoms with van der Waals surface area (Å²) in [6.07, 6.45) is -0.778. The van der Waals surface area contributed by atoms with Crippen molar-refractivity contribution in [2.24, 2.45) is 0 Å². The molecule has 1 unspecified atom stereocenters. The first-order valence-corrected chi connectivity index (χ1v) is 8.27. The molecule has 2 aromatic rings. The van der Waals surface area contributed by atoms with Gasteiger partial charge in [-0.1, -0.05) is 45.0 Å². The molecule has 134 valence electrons. The minimum atomic E-state index is -0.778. The van der Waals surface area contributed by atoms with Crippen LogP contribution in [0.15, 0.2) is 48.5 Å². The maximum absolute atomic E-state index is 12.0. The lowest BCUT2D eigenvalue weighted by molar-refractivity contribution is 0.175. The maximum atomic E-state index is 12.0. The van der Waals surface area contributed by atoms with E-state index in [0.29, 0.717) is 5.69 Å².